The Morgan fingerprint density at radius 2 is 2.41 bits per heavy atom. The van der Waals surface area contributed by atoms with Crippen LogP contribution in [0.5, 0.6) is 5.75 Å². The topological polar surface area (TPSA) is 74.2 Å². The van der Waals surface area contributed by atoms with Gasteiger partial charge in [-0.2, -0.15) is 0 Å². The van der Waals surface area contributed by atoms with E-state index >= 15 is 0 Å². The number of amides is 2. The highest BCUT2D eigenvalue weighted by molar-refractivity contribution is 7.09. The Balaban J connectivity index is 1.54. The zero-order valence-electron chi connectivity index (χ0n) is 12.4. The van der Waals surface area contributed by atoms with Gasteiger partial charge >= 0.3 is 6.03 Å². The third kappa shape index (κ3) is 3.06. The van der Waals surface area contributed by atoms with Crippen molar-refractivity contribution in [1.82, 2.24) is 15.6 Å². The SMILES string of the molecule is CC(CNC(=O)NC1CCc2c(O)cccc21)c1nccs1. The van der Waals surface area contributed by atoms with Crippen molar-refractivity contribution in [2.24, 2.45) is 0 Å². The Bertz CT molecular complexity index is 657. The van der Waals surface area contributed by atoms with Gasteiger partial charge in [0.25, 0.3) is 0 Å². The van der Waals surface area contributed by atoms with E-state index < -0.39 is 0 Å². The normalized spacial score (nSPS) is 17.8. The highest BCUT2D eigenvalue weighted by Gasteiger charge is 2.25. The second kappa shape index (κ2) is 6.36. The van der Waals surface area contributed by atoms with E-state index in [2.05, 4.69) is 15.6 Å². The lowest BCUT2D eigenvalue weighted by atomic mass is 10.1. The third-order valence-electron chi connectivity index (χ3n) is 3.99. The van der Waals surface area contributed by atoms with Gasteiger partial charge in [-0.3, -0.25) is 0 Å². The molecule has 2 amide bonds. The number of fused-ring (bicyclic) bond motifs is 1. The Morgan fingerprint density at radius 1 is 1.55 bits per heavy atom. The van der Waals surface area contributed by atoms with Crippen LogP contribution in [-0.2, 0) is 6.42 Å². The molecule has 2 atom stereocenters. The number of carbonyl (C=O) groups excluding carboxylic acids is 1. The Labute approximate surface area is 133 Å². The lowest BCUT2D eigenvalue weighted by Gasteiger charge is -2.16. The summed E-state index contributed by atoms with van der Waals surface area (Å²) >= 11 is 1.60. The molecule has 22 heavy (non-hydrogen) atoms. The summed E-state index contributed by atoms with van der Waals surface area (Å²) in [5.41, 5.74) is 1.96. The molecule has 0 bridgehead atoms. The number of phenols is 1. The van der Waals surface area contributed by atoms with Gasteiger partial charge in [0, 0.05) is 24.0 Å². The van der Waals surface area contributed by atoms with Gasteiger partial charge in [0.05, 0.1) is 11.0 Å². The monoisotopic (exact) mass is 317 g/mol. The van der Waals surface area contributed by atoms with Crippen molar-refractivity contribution in [2.75, 3.05) is 6.54 Å². The van der Waals surface area contributed by atoms with Crippen molar-refractivity contribution < 1.29 is 9.90 Å². The lowest BCUT2D eigenvalue weighted by Crippen LogP contribution is -2.39. The lowest BCUT2D eigenvalue weighted by molar-refractivity contribution is 0.236. The van der Waals surface area contributed by atoms with Gasteiger partial charge in [-0.1, -0.05) is 19.1 Å². The second-order valence-electron chi connectivity index (χ2n) is 5.56. The number of aromatic nitrogens is 1. The van der Waals surface area contributed by atoms with Crippen molar-refractivity contribution in [3.63, 3.8) is 0 Å². The molecule has 0 saturated carbocycles. The summed E-state index contributed by atoms with van der Waals surface area (Å²) in [7, 11) is 0. The number of aromatic hydroxyl groups is 1. The summed E-state index contributed by atoms with van der Waals surface area (Å²) < 4.78 is 0. The average molecular weight is 317 g/mol. The van der Waals surface area contributed by atoms with Crippen LogP contribution in [0.1, 0.15) is 41.4 Å². The first kappa shape index (κ1) is 14.8. The molecule has 3 N–H and O–H groups in total. The van der Waals surface area contributed by atoms with Gasteiger partial charge in [-0.25, -0.2) is 9.78 Å². The predicted octanol–water partition coefficient (Wildman–Crippen LogP) is 2.94. The summed E-state index contributed by atoms with van der Waals surface area (Å²) in [6.07, 6.45) is 3.39. The summed E-state index contributed by atoms with van der Waals surface area (Å²) in [5.74, 6) is 0.519. The molecule has 6 heteroatoms. The minimum Gasteiger partial charge on any atom is -0.508 e. The maximum absolute atomic E-state index is 12.1. The van der Waals surface area contributed by atoms with E-state index in [0.717, 1.165) is 29.0 Å². The van der Waals surface area contributed by atoms with Crippen LogP contribution in [0, 0.1) is 0 Å². The molecule has 0 aliphatic heterocycles. The molecule has 1 aromatic heterocycles. The number of carbonyl (C=O) groups is 1. The second-order valence-corrected chi connectivity index (χ2v) is 6.49. The number of nitrogens with zero attached hydrogens (tertiary/aromatic N) is 1. The molecular weight excluding hydrogens is 298 g/mol. The van der Waals surface area contributed by atoms with Crippen LogP contribution in [0.4, 0.5) is 4.79 Å². The van der Waals surface area contributed by atoms with Gasteiger partial charge < -0.3 is 15.7 Å². The van der Waals surface area contributed by atoms with E-state index in [9.17, 15) is 9.90 Å². The molecule has 116 valence electrons. The molecule has 0 fully saturated rings. The number of thiazole rings is 1. The smallest absolute Gasteiger partial charge is 0.315 e. The van der Waals surface area contributed by atoms with E-state index in [1.54, 1.807) is 23.6 Å². The first-order chi connectivity index (χ1) is 10.6. The predicted molar refractivity (Wildman–Crippen MR) is 86.2 cm³/mol. The number of rotatable bonds is 4. The van der Waals surface area contributed by atoms with Crippen LogP contribution in [0.2, 0.25) is 0 Å². The van der Waals surface area contributed by atoms with Crippen molar-refractivity contribution in [3.8, 4) is 5.75 Å². The maximum atomic E-state index is 12.1. The quantitative estimate of drug-likeness (QED) is 0.811. The van der Waals surface area contributed by atoms with Gasteiger partial charge in [-0.05, 0) is 30.0 Å². The first-order valence-electron chi connectivity index (χ1n) is 7.39. The van der Waals surface area contributed by atoms with E-state index in [-0.39, 0.29) is 18.0 Å². The van der Waals surface area contributed by atoms with Crippen LogP contribution >= 0.6 is 11.3 Å². The number of phenolic OH excluding ortho intramolecular Hbond substituents is 1. The Morgan fingerprint density at radius 3 is 3.18 bits per heavy atom. The van der Waals surface area contributed by atoms with Crippen LogP contribution in [0.15, 0.2) is 29.8 Å². The van der Waals surface area contributed by atoms with Crippen LogP contribution in [0.3, 0.4) is 0 Å². The molecule has 1 heterocycles. The number of hydrogen-bond donors (Lipinski definition) is 3. The number of nitrogens with one attached hydrogen (secondary N) is 2. The average Bonchev–Trinajstić information content (AvgIpc) is 3.16. The molecule has 1 aliphatic rings. The van der Waals surface area contributed by atoms with Crippen molar-refractivity contribution >= 4 is 17.4 Å². The Hall–Kier alpha value is -2.08. The number of urea groups is 1. The summed E-state index contributed by atoms with van der Waals surface area (Å²) in [6.45, 7) is 2.60. The zero-order chi connectivity index (χ0) is 15.5. The fourth-order valence-electron chi connectivity index (χ4n) is 2.81. The Kier molecular flexibility index (Phi) is 4.29. The van der Waals surface area contributed by atoms with E-state index in [1.807, 2.05) is 24.4 Å². The van der Waals surface area contributed by atoms with Gasteiger partial charge in [-0.15, -0.1) is 11.3 Å². The molecule has 3 rings (SSSR count). The molecule has 2 unspecified atom stereocenters. The third-order valence-corrected chi connectivity index (χ3v) is 5.00. The molecule has 0 radical (unpaired) electrons. The van der Waals surface area contributed by atoms with E-state index in [4.69, 9.17) is 0 Å². The van der Waals surface area contributed by atoms with Gasteiger partial charge in [0.15, 0.2) is 0 Å². The van der Waals surface area contributed by atoms with Crippen LogP contribution in [0.25, 0.3) is 0 Å². The van der Waals surface area contributed by atoms with Gasteiger partial charge in [0.2, 0.25) is 0 Å². The molecule has 0 spiro atoms. The minimum absolute atomic E-state index is 0.0303. The van der Waals surface area contributed by atoms with Crippen molar-refractivity contribution in [2.45, 2.75) is 31.7 Å². The zero-order valence-corrected chi connectivity index (χ0v) is 13.2. The minimum atomic E-state index is -0.176. The highest BCUT2D eigenvalue weighted by atomic mass is 32.1. The highest BCUT2D eigenvalue weighted by Crippen LogP contribution is 2.36. The fourth-order valence-corrected chi connectivity index (χ4v) is 3.50. The molecule has 1 aromatic carbocycles. The molecule has 5 nitrogen and oxygen atoms in total. The summed E-state index contributed by atoms with van der Waals surface area (Å²) in [4.78, 5) is 16.3. The van der Waals surface area contributed by atoms with Crippen molar-refractivity contribution in [3.05, 3.63) is 45.9 Å². The van der Waals surface area contributed by atoms with Crippen LogP contribution in [-0.4, -0.2) is 22.7 Å². The first-order valence-corrected chi connectivity index (χ1v) is 8.27. The molecule has 1 aliphatic carbocycles. The summed E-state index contributed by atoms with van der Waals surface area (Å²) in [5, 5.41) is 18.7. The maximum Gasteiger partial charge on any atom is 0.315 e. The molecule has 2 aromatic rings. The van der Waals surface area contributed by atoms with E-state index in [0.29, 0.717) is 12.3 Å². The van der Waals surface area contributed by atoms with Crippen molar-refractivity contribution in [1.29, 1.82) is 0 Å². The molecule has 0 saturated heterocycles. The van der Waals surface area contributed by atoms with Gasteiger partial charge in [0.1, 0.15) is 5.75 Å². The number of benzene rings is 1. The van der Waals surface area contributed by atoms with Crippen LogP contribution < -0.4 is 10.6 Å². The van der Waals surface area contributed by atoms with E-state index in [1.165, 1.54) is 0 Å². The molecular formula is C16H19N3O2S. The summed E-state index contributed by atoms with van der Waals surface area (Å²) in [6, 6.07) is 5.26. The fraction of sp³-hybridized carbons (Fsp3) is 0.375. The largest absolute Gasteiger partial charge is 0.508 e. The standard InChI is InChI=1S/C16H19N3O2S/c1-10(15-17-7-8-22-15)9-18-16(21)19-13-6-5-12-11(13)3-2-4-14(12)20/h2-4,7-8,10,13,20H,5-6,9H2,1H3,(H2,18,19,21). The number of hydrogen-bond acceptors (Lipinski definition) is 4.